The highest BCUT2D eigenvalue weighted by Gasteiger charge is 2.12. The lowest BCUT2D eigenvalue weighted by Gasteiger charge is -2.19. The second-order valence-corrected chi connectivity index (χ2v) is 4.34. The highest BCUT2D eigenvalue weighted by Crippen LogP contribution is 2.26. The highest BCUT2D eigenvalue weighted by molar-refractivity contribution is 5.41. The molecule has 2 rings (SSSR count). The van der Waals surface area contributed by atoms with Gasteiger partial charge in [0, 0.05) is 0 Å². The molecule has 1 heteroatoms. The van der Waals surface area contributed by atoms with Crippen LogP contribution in [-0.4, -0.2) is 6.61 Å². The highest BCUT2D eigenvalue weighted by atomic mass is 16.5. The minimum Gasteiger partial charge on any atom is -0.494 e. The van der Waals surface area contributed by atoms with Crippen molar-refractivity contribution in [1.29, 1.82) is 0 Å². The van der Waals surface area contributed by atoms with Crippen LogP contribution in [0.25, 0.3) is 0 Å². The Kier molecular flexibility index (Phi) is 3.65. The maximum atomic E-state index is 5.72. The molecular formula is C14H20O. The Hall–Kier alpha value is -0.980. The van der Waals surface area contributed by atoms with Gasteiger partial charge in [0.2, 0.25) is 0 Å². The first kappa shape index (κ1) is 10.5. The predicted molar refractivity (Wildman–Crippen MR) is 63.5 cm³/mol. The molecular weight excluding hydrogens is 184 g/mol. The van der Waals surface area contributed by atoms with Crippen molar-refractivity contribution < 1.29 is 4.74 Å². The maximum Gasteiger partial charge on any atom is 0.119 e. The van der Waals surface area contributed by atoms with Crippen molar-refractivity contribution in [1.82, 2.24) is 0 Å². The molecule has 0 bridgehead atoms. The summed E-state index contributed by atoms with van der Waals surface area (Å²) < 4.78 is 5.72. The second-order valence-electron chi connectivity index (χ2n) is 4.34. The molecule has 0 N–H and O–H groups in total. The van der Waals surface area contributed by atoms with E-state index in [1.807, 2.05) is 0 Å². The molecule has 0 heterocycles. The number of unbranched alkanes of at least 4 members (excludes halogenated alkanes) is 3. The molecule has 0 saturated heterocycles. The Morgan fingerprint density at radius 2 is 1.93 bits per heavy atom. The van der Waals surface area contributed by atoms with Gasteiger partial charge in [-0.05, 0) is 42.5 Å². The molecule has 0 fully saturated rings. The van der Waals surface area contributed by atoms with E-state index in [-0.39, 0.29) is 0 Å². The zero-order chi connectivity index (χ0) is 10.5. The van der Waals surface area contributed by atoms with E-state index in [2.05, 4.69) is 25.1 Å². The molecule has 82 valence electrons. The van der Waals surface area contributed by atoms with Crippen LogP contribution >= 0.6 is 0 Å². The van der Waals surface area contributed by atoms with Gasteiger partial charge in [-0.1, -0.05) is 32.3 Å². The summed E-state index contributed by atoms with van der Waals surface area (Å²) in [6.45, 7) is 3.11. The van der Waals surface area contributed by atoms with Crippen molar-refractivity contribution in [3.63, 3.8) is 0 Å². The monoisotopic (exact) mass is 204 g/mol. The van der Waals surface area contributed by atoms with E-state index in [1.54, 1.807) is 0 Å². The normalized spacial score (nSPS) is 13.1. The topological polar surface area (TPSA) is 9.23 Å². The summed E-state index contributed by atoms with van der Waals surface area (Å²) in [5.41, 5.74) is 2.99. The molecule has 1 nitrogen and oxygen atoms in total. The number of ether oxygens (including phenoxy) is 1. The largest absolute Gasteiger partial charge is 0.494 e. The fraction of sp³-hybridized carbons (Fsp3) is 0.571. The average molecular weight is 204 g/mol. The van der Waals surface area contributed by atoms with Crippen molar-refractivity contribution in [2.75, 3.05) is 6.61 Å². The minimum absolute atomic E-state index is 0.874. The molecule has 1 aliphatic rings. The smallest absolute Gasteiger partial charge is 0.119 e. The van der Waals surface area contributed by atoms with Crippen LogP contribution in [-0.2, 0) is 12.8 Å². The number of hydrogen-bond donors (Lipinski definition) is 0. The van der Waals surface area contributed by atoms with Gasteiger partial charge in [-0.2, -0.15) is 0 Å². The van der Waals surface area contributed by atoms with E-state index in [0.717, 1.165) is 12.4 Å². The Morgan fingerprint density at radius 1 is 1.07 bits per heavy atom. The maximum absolute atomic E-state index is 5.72. The molecule has 1 aromatic rings. The first-order chi connectivity index (χ1) is 7.40. The first-order valence-electron chi connectivity index (χ1n) is 6.15. The van der Waals surface area contributed by atoms with Crippen molar-refractivity contribution >= 4 is 0 Å². The van der Waals surface area contributed by atoms with Gasteiger partial charge < -0.3 is 4.74 Å². The lowest BCUT2D eigenvalue weighted by molar-refractivity contribution is 0.304. The quantitative estimate of drug-likeness (QED) is 0.641. The molecule has 0 saturated carbocycles. The minimum atomic E-state index is 0.874. The van der Waals surface area contributed by atoms with E-state index in [0.29, 0.717) is 0 Å². The first-order valence-corrected chi connectivity index (χ1v) is 6.15. The van der Waals surface area contributed by atoms with Gasteiger partial charge in [0.05, 0.1) is 6.61 Å². The summed E-state index contributed by atoms with van der Waals surface area (Å²) in [6, 6.07) is 6.52. The van der Waals surface area contributed by atoms with E-state index in [9.17, 15) is 0 Å². The van der Waals surface area contributed by atoms with E-state index >= 15 is 0 Å². The third-order valence-corrected chi connectivity index (χ3v) is 3.11. The van der Waals surface area contributed by atoms with E-state index < -0.39 is 0 Å². The lowest BCUT2D eigenvalue weighted by Crippen LogP contribution is -2.08. The zero-order valence-corrected chi connectivity index (χ0v) is 9.59. The summed E-state index contributed by atoms with van der Waals surface area (Å²) in [5.74, 6) is 1.06. The van der Waals surface area contributed by atoms with E-state index in [1.165, 1.54) is 49.7 Å². The third-order valence-electron chi connectivity index (χ3n) is 3.11. The van der Waals surface area contributed by atoms with Crippen LogP contribution in [0, 0.1) is 0 Å². The molecule has 1 aliphatic carbocycles. The van der Waals surface area contributed by atoms with Crippen LogP contribution < -0.4 is 4.74 Å². The predicted octanol–water partition coefficient (Wildman–Crippen LogP) is 3.74. The summed E-state index contributed by atoms with van der Waals surface area (Å²) in [5, 5.41) is 0. The molecule has 0 atom stereocenters. The van der Waals surface area contributed by atoms with Gasteiger partial charge in [0.25, 0.3) is 0 Å². The van der Waals surface area contributed by atoms with Crippen molar-refractivity contribution in [3.8, 4) is 5.75 Å². The van der Waals surface area contributed by atoms with Crippen molar-refractivity contribution in [2.45, 2.75) is 45.4 Å². The fourth-order valence-electron chi connectivity index (χ4n) is 1.98. The van der Waals surface area contributed by atoms with Gasteiger partial charge >= 0.3 is 0 Å². The van der Waals surface area contributed by atoms with Gasteiger partial charge in [-0.25, -0.2) is 0 Å². The average Bonchev–Trinajstić information content (AvgIpc) is 2.21. The fourth-order valence-corrected chi connectivity index (χ4v) is 1.98. The van der Waals surface area contributed by atoms with Crippen molar-refractivity contribution in [3.05, 3.63) is 29.3 Å². The van der Waals surface area contributed by atoms with Gasteiger partial charge in [0.15, 0.2) is 0 Å². The van der Waals surface area contributed by atoms with Crippen LogP contribution in [0.2, 0.25) is 0 Å². The number of benzene rings is 1. The van der Waals surface area contributed by atoms with E-state index in [4.69, 9.17) is 4.74 Å². The molecule has 0 amide bonds. The third kappa shape index (κ3) is 2.74. The summed E-state index contributed by atoms with van der Waals surface area (Å²) in [7, 11) is 0. The molecule has 0 spiro atoms. The number of hydrogen-bond acceptors (Lipinski definition) is 1. The molecule has 0 radical (unpaired) electrons. The zero-order valence-electron chi connectivity index (χ0n) is 9.59. The SMILES string of the molecule is CCCCCCOc1ccc2c(c1)CC2. The molecule has 0 aromatic heterocycles. The molecule has 15 heavy (non-hydrogen) atoms. The second kappa shape index (κ2) is 5.20. The number of rotatable bonds is 6. The Labute approximate surface area is 92.5 Å². The van der Waals surface area contributed by atoms with Crippen LogP contribution in [0.1, 0.15) is 43.7 Å². The van der Waals surface area contributed by atoms with Crippen molar-refractivity contribution in [2.24, 2.45) is 0 Å². The molecule has 0 unspecified atom stereocenters. The Morgan fingerprint density at radius 3 is 2.60 bits per heavy atom. The number of fused-ring (bicyclic) bond motifs is 1. The Balaban J connectivity index is 1.72. The van der Waals surface area contributed by atoms with Crippen LogP contribution in [0.4, 0.5) is 0 Å². The van der Waals surface area contributed by atoms with Crippen LogP contribution in [0.3, 0.4) is 0 Å². The summed E-state index contributed by atoms with van der Waals surface area (Å²) in [6.07, 6.45) is 7.59. The summed E-state index contributed by atoms with van der Waals surface area (Å²) >= 11 is 0. The summed E-state index contributed by atoms with van der Waals surface area (Å²) in [4.78, 5) is 0. The van der Waals surface area contributed by atoms with Crippen LogP contribution in [0.5, 0.6) is 5.75 Å². The Bertz CT molecular complexity index is 317. The van der Waals surface area contributed by atoms with Gasteiger partial charge in [-0.3, -0.25) is 0 Å². The standard InChI is InChI=1S/C14H20O/c1-2-3-4-5-10-15-14-9-8-12-6-7-13(12)11-14/h8-9,11H,2-7,10H2,1H3. The van der Waals surface area contributed by atoms with Gasteiger partial charge in [-0.15, -0.1) is 0 Å². The lowest BCUT2D eigenvalue weighted by atomic mass is 9.89. The molecule has 1 aromatic carbocycles. The number of aryl methyl sites for hydroxylation is 2. The van der Waals surface area contributed by atoms with Gasteiger partial charge in [0.1, 0.15) is 5.75 Å². The van der Waals surface area contributed by atoms with Crippen LogP contribution in [0.15, 0.2) is 18.2 Å². The molecule has 0 aliphatic heterocycles.